The molecule has 8 heteroatoms. The zero-order valence-corrected chi connectivity index (χ0v) is 14.2. The van der Waals surface area contributed by atoms with E-state index in [2.05, 4.69) is 44.1 Å². The zero-order valence-electron chi connectivity index (χ0n) is 14.2. The van der Waals surface area contributed by atoms with E-state index in [0.717, 1.165) is 38.4 Å². The van der Waals surface area contributed by atoms with Gasteiger partial charge in [-0.3, -0.25) is 4.90 Å². The largest absolute Gasteiger partial charge is 0.477 e. The molecule has 0 atom stereocenters. The molecule has 3 aromatic rings. The van der Waals surface area contributed by atoms with Gasteiger partial charge in [-0.1, -0.05) is 30.3 Å². The molecule has 0 aliphatic carbocycles. The predicted molar refractivity (Wildman–Crippen MR) is 98.3 cm³/mol. The fraction of sp³-hybridized carbons (Fsp3) is 0.278. The molecule has 3 heterocycles. The topological polar surface area (TPSA) is 100.0 Å². The fourth-order valence-corrected chi connectivity index (χ4v) is 3.36. The van der Waals surface area contributed by atoms with Crippen molar-refractivity contribution >= 4 is 23.3 Å². The number of pyridine rings is 1. The van der Waals surface area contributed by atoms with Crippen LogP contribution in [0.4, 0.5) is 11.6 Å². The first kappa shape index (κ1) is 16.3. The SMILES string of the molecule is Nc1nc2c(N3CCN(Cc4ccccc4)CC3)ccc(C(=O)O)n2n1. The van der Waals surface area contributed by atoms with Crippen LogP contribution in [0.1, 0.15) is 16.1 Å². The maximum atomic E-state index is 11.4. The number of fused-ring (bicyclic) bond motifs is 1. The average Bonchev–Trinajstić information content (AvgIpc) is 3.03. The van der Waals surface area contributed by atoms with E-state index in [-0.39, 0.29) is 11.6 Å². The van der Waals surface area contributed by atoms with Crippen LogP contribution in [0.3, 0.4) is 0 Å². The van der Waals surface area contributed by atoms with E-state index in [4.69, 9.17) is 5.73 Å². The number of carboxylic acid groups (broad SMARTS) is 1. The van der Waals surface area contributed by atoms with Crippen LogP contribution < -0.4 is 10.6 Å². The van der Waals surface area contributed by atoms with Crippen LogP contribution in [0.25, 0.3) is 5.65 Å². The molecule has 0 amide bonds. The molecule has 8 nitrogen and oxygen atoms in total. The van der Waals surface area contributed by atoms with Crippen LogP contribution in [-0.2, 0) is 6.54 Å². The lowest BCUT2D eigenvalue weighted by Gasteiger charge is -2.36. The van der Waals surface area contributed by atoms with Crippen LogP contribution in [-0.4, -0.2) is 56.8 Å². The highest BCUT2D eigenvalue weighted by Gasteiger charge is 2.22. The molecule has 26 heavy (non-hydrogen) atoms. The number of nitrogens with zero attached hydrogens (tertiary/aromatic N) is 5. The van der Waals surface area contributed by atoms with Gasteiger partial charge in [0.1, 0.15) is 0 Å². The van der Waals surface area contributed by atoms with E-state index in [1.54, 1.807) is 12.1 Å². The molecule has 1 saturated heterocycles. The summed E-state index contributed by atoms with van der Waals surface area (Å²) in [6, 6.07) is 13.8. The normalized spacial score (nSPS) is 15.5. The molecule has 4 rings (SSSR count). The lowest BCUT2D eigenvalue weighted by Crippen LogP contribution is -2.46. The minimum Gasteiger partial charge on any atom is -0.477 e. The van der Waals surface area contributed by atoms with E-state index in [1.807, 2.05) is 6.07 Å². The Labute approximate surface area is 150 Å². The van der Waals surface area contributed by atoms with Crippen LogP contribution in [0, 0.1) is 0 Å². The Bertz CT molecular complexity index is 932. The molecular formula is C18H20N6O2. The summed E-state index contributed by atoms with van der Waals surface area (Å²) in [5.74, 6) is -0.984. The Kier molecular flexibility index (Phi) is 4.18. The molecular weight excluding hydrogens is 332 g/mol. The Morgan fingerprint density at radius 1 is 1.08 bits per heavy atom. The van der Waals surface area contributed by atoms with Gasteiger partial charge in [0.25, 0.3) is 0 Å². The van der Waals surface area contributed by atoms with E-state index in [9.17, 15) is 9.90 Å². The predicted octanol–water partition coefficient (Wildman–Crippen LogP) is 1.33. The first-order chi connectivity index (χ1) is 12.6. The van der Waals surface area contributed by atoms with Crippen LogP contribution in [0.2, 0.25) is 0 Å². The Morgan fingerprint density at radius 2 is 1.81 bits per heavy atom. The molecule has 0 bridgehead atoms. The zero-order chi connectivity index (χ0) is 18.1. The van der Waals surface area contributed by atoms with Crippen molar-refractivity contribution in [1.29, 1.82) is 0 Å². The van der Waals surface area contributed by atoms with Gasteiger partial charge in [-0.15, -0.1) is 5.10 Å². The van der Waals surface area contributed by atoms with E-state index in [0.29, 0.717) is 5.65 Å². The number of piperazine rings is 1. The Balaban J connectivity index is 1.53. The molecule has 0 radical (unpaired) electrons. The highest BCUT2D eigenvalue weighted by Crippen LogP contribution is 2.24. The molecule has 1 fully saturated rings. The quantitative estimate of drug-likeness (QED) is 0.731. The Morgan fingerprint density at radius 3 is 2.50 bits per heavy atom. The van der Waals surface area contributed by atoms with Gasteiger partial charge >= 0.3 is 5.97 Å². The van der Waals surface area contributed by atoms with Crippen LogP contribution in [0.15, 0.2) is 42.5 Å². The third-order valence-corrected chi connectivity index (χ3v) is 4.66. The number of carboxylic acids is 1. The summed E-state index contributed by atoms with van der Waals surface area (Å²) in [4.78, 5) is 20.2. The molecule has 0 unspecified atom stereocenters. The van der Waals surface area contributed by atoms with E-state index >= 15 is 0 Å². The summed E-state index contributed by atoms with van der Waals surface area (Å²) < 4.78 is 1.31. The highest BCUT2D eigenvalue weighted by atomic mass is 16.4. The molecule has 1 aromatic carbocycles. The average molecular weight is 352 g/mol. The van der Waals surface area contributed by atoms with Gasteiger partial charge in [0, 0.05) is 32.7 Å². The van der Waals surface area contributed by atoms with Crippen molar-refractivity contribution in [2.24, 2.45) is 0 Å². The number of nitrogens with two attached hydrogens (primary N) is 1. The van der Waals surface area contributed by atoms with E-state index < -0.39 is 5.97 Å². The summed E-state index contributed by atoms with van der Waals surface area (Å²) in [5.41, 5.74) is 8.40. The number of hydrogen-bond donors (Lipinski definition) is 2. The number of aromatic nitrogens is 3. The van der Waals surface area contributed by atoms with Crippen molar-refractivity contribution in [2.75, 3.05) is 36.8 Å². The first-order valence-electron chi connectivity index (χ1n) is 8.51. The summed E-state index contributed by atoms with van der Waals surface area (Å²) in [6.07, 6.45) is 0. The number of nitrogen functional groups attached to an aromatic ring is 1. The lowest BCUT2D eigenvalue weighted by atomic mass is 10.2. The van der Waals surface area contributed by atoms with Crippen molar-refractivity contribution in [3.05, 3.63) is 53.7 Å². The maximum absolute atomic E-state index is 11.4. The van der Waals surface area contributed by atoms with E-state index in [1.165, 1.54) is 10.1 Å². The lowest BCUT2D eigenvalue weighted by molar-refractivity contribution is 0.0687. The Hall–Kier alpha value is -3.13. The molecule has 0 spiro atoms. The third-order valence-electron chi connectivity index (χ3n) is 4.66. The number of benzene rings is 1. The molecule has 134 valence electrons. The second-order valence-electron chi connectivity index (χ2n) is 6.36. The number of rotatable bonds is 4. The number of carbonyl (C=O) groups is 1. The second kappa shape index (κ2) is 6.64. The van der Waals surface area contributed by atoms with Gasteiger partial charge < -0.3 is 15.7 Å². The molecule has 0 saturated carbocycles. The van der Waals surface area contributed by atoms with Crippen molar-refractivity contribution in [2.45, 2.75) is 6.54 Å². The monoisotopic (exact) mass is 352 g/mol. The molecule has 1 aliphatic heterocycles. The summed E-state index contributed by atoms with van der Waals surface area (Å²) in [7, 11) is 0. The van der Waals surface area contributed by atoms with Crippen molar-refractivity contribution in [3.8, 4) is 0 Å². The van der Waals surface area contributed by atoms with Gasteiger partial charge in [-0.25, -0.2) is 9.31 Å². The third kappa shape index (κ3) is 3.06. The molecule has 3 N–H and O–H groups in total. The maximum Gasteiger partial charge on any atom is 0.354 e. The molecule has 1 aliphatic rings. The number of hydrogen-bond acceptors (Lipinski definition) is 6. The second-order valence-corrected chi connectivity index (χ2v) is 6.36. The number of anilines is 2. The number of aromatic carboxylic acids is 1. The van der Waals surface area contributed by atoms with Crippen molar-refractivity contribution < 1.29 is 9.90 Å². The summed E-state index contributed by atoms with van der Waals surface area (Å²) in [5, 5.41) is 13.3. The van der Waals surface area contributed by atoms with Gasteiger partial charge in [0.15, 0.2) is 11.3 Å². The van der Waals surface area contributed by atoms with Crippen molar-refractivity contribution in [3.63, 3.8) is 0 Å². The van der Waals surface area contributed by atoms with Gasteiger partial charge in [0.05, 0.1) is 5.69 Å². The highest BCUT2D eigenvalue weighted by molar-refractivity contribution is 5.88. The summed E-state index contributed by atoms with van der Waals surface area (Å²) >= 11 is 0. The fourth-order valence-electron chi connectivity index (χ4n) is 3.36. The standard InChI is InChI=1S/C18H20N6O2/c19-18-20-16-14(6-7-15(17(25)26)24(16)21-18)23-10-8-22(9-11-23)12-13-4-2-1-3-5-13/h1-7H,8-12H2,(H2,19,21)(H,25,26). The van der Waals surface area contributed by atoms with Gasteiger partial charge in [-0.2, -0.15) is 4.98 Å². The molecule has 2 aromatic heterocycles. The smallest absolute Gasteiger partial charge is 0.354 e. The van der Waals surface area contributed by atoms with Gasteiger partial charge in [-0.05, 0) is 17.7 Å². The summed E-state index contributed by atoms with van der Waals surface area (Å²) in [6.45, 7) is 4.44. The minimum atomic E-state index is -1.06. The first-order valence-corrected chi connectivity index (χ1v) is 8.51. The minimum absolute atomic E-state index is 0.0515. The van der Waals surface area contributed by atoms with Crippen molar-refractivity contribution in [1.82, 2.24) is 19.5 Å². The van der Waals surface area contributed by atoms with Gasteiger partial charge in [0.2, 0.25) is 5.95 Å². The van der Waals surface area contributed by atoms with Crippen LogP contribution in [0.5, 0.6) is 0 Å². The van der Waals surface area contributed by atoms with Crippen LogP contribution >= 0.6 is 0 Å².